The summed E-state index contributed by atoms with van der Waals surface area (Å²) in [5.41, 5.74) is 3.57. The molecule has 1 nitrogen and oxygen atoms in total. The molecule has 1 aliphatic rings. The third-order valence-corrected chi connectivity index (χ3v) is 2.78. The monoisotopic (exact) mass is 184 g/mol. The van der Waals surface area contributed by atoms with E-state index in [1.807, 2.05) is 0 Å². The van der Waals surface area contributed by atoms with E-state index in [4.69, 9.17) is 4.42 Å². The summed E-state index contributed by atoms with van der Waals surface area (Å²) < 4.78 is 5.82. The highest BCUT2D eigenvalue weighted by Crippen LogP contribution is 2.31. The van der Waals surface area contributed by atoms with Gasteiger partial charge in [0.15, 0.2) is 0 Å². The van der Waals surface area contributed by atoms with Gasteiger partial charge in [-0.2, -0.15) is 0 Å². The summed E-state index contributed by atoms with van der Waals surface area (Å²) in [6.45, 7) is 2.09. The van der Waals surface area contributed by atoms with Crippen LogP contribution in [0.2, 0.25) is 0 Å². The lowest BCUT2D eigenvalue weighted by molar-refractivity contribution is 0.546. The minimum atomic E-state index is 1.03. The summed E-state index contributed by atoms with van der Waals surface area (Å²) in [5, 5.41) is 1.25. The molecule has 0 unspecified atom stereocenters. The third-order valence-electron chi connectivity index (χ3n) is 2.78. The smallest absolute Gasteiger partial charge is 0.135 e. The number of benzene rings is 1. The maximum Gasteiger partial charge on any atom is 0.135 e. The highest BCUT2D eigenvalue weighted by atomic mass is 16.3. The summed E-state index contributed by atoms with van der Waals surface area (Å²) >= 11 is 0. The molecule has 2 aromatic rings. The van der Waals surface area contributed by atoms with Crippen LogP contribution in [0.3, 0.4) is 0 Å². The van der Waals surface area contributed by atoms with E-state index in [1.54, 1.807) is 0 Å². The molecule has 0 spiro atoms. The van der Waals surface area contributed by atoms with E-state index in [0.29, 0.717) is 0 Å². The molecule has 14 heavy (non-hydrogen) atoms. The standard InChI is InChI=1S/C13H12O/c1-9-6-7-11-10-4-2-3-5-12(10)14-13(11)8-9/h2,4,6-8H,3,5H2,1H3. The lowest BCUT2D eigenvalue weighted by Gasteiger charge is -2.01. The second-order valence-electron chi connectivity index (χ2n) is 3.88. The van der Waals surface area contributed by atoms with E-state index in [1.165, 1.54) is 16.5 Å². The van der Waals surface area contributed by atoms with Crippen molar-refractivity contribution in [1.82, 2.24) is 0 Å². The molecular formula is C13H12O. The van der Waals surface area contributed by atoms with Gasteiger partial charge in [-0.25, -0.2) is 0 Å². The van der Waals surface area contributed by atoms with E-state index in [0.717, 1.165) is 24.2 Å². The summed E-state index contributed by atoms with van der Waals surface area (Å²) in [6, 6.07) is 6.41. The number of aryl methyl sites for hydroxylation is 2. The molecule has 0 saturated carbocycles. The predicted molar refractivity (Wildman–Crippen MR) is 58.3 cm³/mol. The fraction of sp³-hybridized carbons (Fsp3) is 0.231. The molecule has 0 radical (unpaired) electrons. The van der Waals surface area contributed by atoms with Gasteiger partial charge >= 0.3 is 0 Å². The first-order valence-corrected chi connectivity index (χ1v) is 5.03. The molecule has 1 aromatic carbocycles. The molecule has 0 saturated heterocycles. The average molecular weight is 184 g/mol. The fourth-order valence-corrected chi connectivity index (χ4v) is 2.06. The van der Waals surface area contributed by atoms with Crippen LogP contribution in [0.5, 0.6) is 0 Å². The van der Waals surface area contributed by atoms with Crippen LogP contribution >= 0.6 is 0 Å². The Hall–Kier alpha value is -1.50. The number of rotatable bonds is 0. The molecule has 1 aromatic heterocycles. The number of fused-ring (bicyclic) bond motifs is 3. The van der Waals surface area contributed by atoms with Gasteiger partial charge in [-0.1, -0.05) is 24.3 Å². The average Bonchev–Trinajstić information content (AvgIpc) is 2.54. The number of hydrogen-bond donors (Lipinski definition) is 0. The van der Waals surface area contributed by atoms with Crippen LogP contribution in [-0.2, 0) is 6.42 Å². The minimum absolute atomic E-state index is 1.03. The van der Waals surface area contributed by atoms with Crippen LogP contribution in [0.4, 0.5) is 0 Å². The van der Waals surface area contributed by atoms with Gasteiger partial charge in [-0.15, -0.1) is 0 Å². The first-order chi connectivity index (χ1) is 6.84. The molecule has 1 heterocycles. The molecule has 1 heteroatoms. The van der Waals surface area contributed by atoms with Gasteiger partial charge in [0.05, 0.1) is 0 Å². The van der Waals surface area contributed by atoms with Crippen molar-refractivity contribution >= 4 is 17.0 Å². The van der Waals surface area contributed by atoms with E-state index < -0.39 is 0 Å². The largest absolute Gasteiger partial charge is 0.460 e. The zero-order chi connectivity index (χ0) is 9.54. The number of furan rings is 1. The van der Waals surface area contributed by atoms with Crippen molar-refractivity contribution in [2.75, 3.05) is 0 Å². The molecule has 0 bridgehead atoms. The molecule has 3 rings (SSSR count). The first kappa shape index (κ1) is 7.86. The highest BCUT2D eigenvalue weighted by molar-refractivity contribution is 5.89. The van der Waals surface area contributed by atoms with Crippen molar-refractivity contribution in [2.45, 2.75) is 19.8 Å². The quantitative estimate of drug-likeness (QED) is 0.608. The van der Waals surface area contributed by atoms with Gasteiger partial charge in [0.1, 0.15) is 11.3 Å². The number of hydrogen-bond acceptors (Lipinski definition) is 1. The molecule has 0 N–H and O–H groups in total. The Morgan fingerprint density at radius 2 is 2.21 bits per heavy atom. The topological polar surface area (TPSA) is 13.1 Å². The summed E-state index contributed by atoms with van der Waals surface area (Å²) in [6.07, 6.45) is 6.54. The van der Waals surface area contributed by atoms with Gasteiger partial charge in [0, 0.05) is 17.4 Å². The molecular weight excluding hydrogens is 172 g/mol. The minimum Gasteiger partial charge on any atom is -0.460 e. The van der Waals surface area contributed by atoms with E-state index >= 15 is 0 Å². The summed E-state index contributed by atoms with van der Waals surface area (Å²) in [7, 11) is 0. The van der Waals surface area contributed by atoms with Gasteiger partial charge in [0.25, 0.3) is 0 Å². The molecule has 0 aliphatic heterocycles. The first-order valence-electron chi connectivity index (χ1n) is 5.03. The van der Waals surface area contributed by atoms with E-state index in [9.17, 15) is 0 Å². The van der Waals surface area contributed by atoms with Crippen LogP contribution in [0.25, 0.3) is 17.0 Å². The zero-order valence-electron chi connectivity index (χ0n) is 8.21. The predicted octanol–water partition coefficient (Wildman–Crippen LogP) is 3.70. The Morgan fingerprint density at radius 1 is 1.29 bits per heavy atom. The van der Waals surface area contributed by atoms with Crippen LogP contribution in [0.15, 0.2) is 28.7 Å². The molecule has 70 valence electrons. The second-order valence-corrected chi connectivity index (χ2v) is 3.88. The second kappa shape index (κ2) is 2.74. The van der Waals surface area contributed by atoms with Crippen LogP contribution in [-0.4, -0.2) is 0 Å². The lowest BCUT2D eigenvalue weighted by atomic mass is 10.0. The van der Waals surface area contributed by atoms with Crippen LogP contribution in [0, 0.1) is 6.92 Å². The van der Waals surface area contributed by atoms with Crippen LogP contribution in [0.1, 0.15) is 23.3 Å². The SMILES string of the molecule is Cc1ccc2c3c(oc2c1)CCC=C3. The summed E-state index contributed by atoms with van der Waals surface area (Å²) in [4.78, 5) is 0. The van der Waals surface area contributed by atoms with Gasteiger partial charge in [-0.3, -0.25) is 0 Å². The van der Waals surface area contributed by atoms with Gasteiger partial charge in [0.2, 0.25) is 0 Å². The molecule has 0 atom stereocenters. The van der Waals surface area contributed by atoms with E-state index in [2.05, 4.69) is 37.3 Å². The normalized spacial score (nSPS) is 14.6. The van der Waals surface area contributed by atoms with Gasteiger partial charge in [-0.05, 0) is 25.0 Å². The Labute approximate surface area is 83.0 Å². The maximum atomic E-state index is 5.82. The maximum absolute atomic E-state index is 5.82. The number of allylic oxidation sites excluding steroid dienone is 1. The van der Waals surface area contributed by atoms with Crippen molar-refractivity contribution < 1.29 is 4.42 Å². The van der Waals surface area contributed by atoms with Crippen molar-refractivity contribution in [2.24, 2.45) is 0 Å². The van der Waals surface area contributed by atoms with Crippen molar-refractivity contribution in [1.29, 1.82) is 0 Å². The molecule has 1 aliphatic carbocycles. The van der Waals surface area contributed by atoms with Crippen molar-refractivity contribution in [3.8, 4) is 0 Å². The highest BCUT2D eigenvalue weighted by Gasteiger charge is 2.13. The Kier molecular flexibility index (Phi) is 1.54. The van der Waals surface area contributed by atoms with Gasteiger partial charge < -0.3 is 4.42 Å². The zero-order valence-corrected chi connectivity index (χ0v) is 8.21. The fourth-order valence-electron chi connectivity index (χ4n) is 2.06. The molecule has 0 amide bonds. The lowest BCUT2D eigenvalue weighted by Crippen LogP contribution is -1.87. The van der Waals surface area contributed by atoms with Crippen molar-refractivity contribution in [3.05, 3.63) is 41.2 Å². The van der Waals surface area contributed by atoms with Crippen LogP contribution < -0.4 is 0 Å². The Bertz CT molecular complexity index is 517. The third kappa shape index (κ3) is 1.02. The van der Waals surface area contributed by atoms with E-state index in [-0.39, 0.29) is 0 Å². The Morgan fingerprint density at radius 3 is 3.14 bits per heavy atom. The molecule has 0 fully saturated rings. The Balaban J connectivity index is 2.38. The van der Waals surface area contributed by atoms with Crippen molar-refractivity contribution in [3.63, 3.8) is 0 Å². The summed E-state index contributed by atoms with van der Waals surface area (Å²) in [5.74, 6) is 1.15.